The first-order chi connectivity index (χ1) is 14.6. The fourth-order valence-electron chi connectivity index (χ4n) is 3.56. The first kappa shape index (κ1) is 18.7. The van der Waals surface area contributed by atoms with E-state index in [4.69, 9.17) is 4.98 Å². The number of nitrogens with one attached hydrogen (secondary N) is 2. The number of hydrogen-bond donors (Lipinski definition) is 3. The van der Waals surface area contributed by atoms with Crippen molar-refractivity contribution in [3.05, 3.63) is 78.5 Å². The van der Waals surface area contributed by atoms with Crippen LogP contribution < -0.4 is 10.0 Å². The summed E-state index contributed by atoms with van der Waals surface area (Å²) < 4.78 is 27.0. The molecule has 0 spiro atoms. The molecule has 0 unspecified atom stereocenters. The molecular formula is C21H20N6O2S. The second-order valence-corrected chi connectivity index (χ2v) is 8.04. The zero-order valence-corrected chi connectivity index (χ0v) is 16.9. The Kier molecular flexibility index (Phi) is 4.68. The number of pyridine rings is 1. The van der Waals surface area contributed by atoms with Gasteiger partial charge < -0.3 is 5.32 Å². The number of anilines is 1. The predicted octanol–water partition coefficient (Wildman–Crippen LogP) is 2.51. The van der Waals surface area contributed by atoms with Crippen molar-refractivity contribution in [2.45, 2.75) is 24.9 Å². The van der Waals surface area contributed by atoms with E-state index < -0.39 is 16.4 Å². The van der Waals surface area contributed by atoms with Gasteiger partial charge in [-0.3, -0.25) is 4.98 Å². The Labute approximate surface area is 175 Å². The SMILES string of the molecule is O=[SH](=O)NC1(c2nc(NCc3ccccn3)c3c(-c4ccccc4)ccn3n2)CC1. The van der Waals surface area contributed by atoms with E-state index in [2.05, 4.69) is 20.1 Å². The van der Waals surface area contributed by atoms with Crippen molar-refractivity contribution < 1.29 is 8.42 Å². The summed E-state index contributed by atoms with van der Waals surface area (Å²) in [7, 11) is -2.75. The third-order valence-corrected chi connectivity index (χ3v) is 5.85. The third-order valence-electron chi connectivity index (χ3n) is 5.24. The Hall–Kier alpha value is -3.30. The summed E-state index contributed by atoms with van der Waals surface area (Å²) in [6.45, 7) is 0.489. The molecule has 3 aromatic heterocycles. The summed E-state index contributed by atoms with van der Waals surface area (Å²) in [5.74, 6) is 1.11. The highest BCUT2D eigenvalue weighted by molar-refractivity contribution is 7.70. The number of aromatic nitrogens is 4. The van der Waals surface area contributed by atoms with Crippen LogP contribution in [0.2, 0.25) is 0 Å². The number of thiol groups is 1. The monoisotopic (exact) mass is 420 g/mol. The standard InChI is InChI=1S/C21H20N6O2S/c28-30(29)26-21(10-11-21)20-24-19(23-14-16-8-4-5-12-22-16)18-17(9-13-27(18)25-20)15-6-2-1-3-7-15/h1-9,12-13,30H,10-11,14H2,(H,23,24,25)(H,26,28,29). The molecule has 1 aliphatic rings. The van der Waals surface area contributed by atoms with E-state index >= 15 is 0 Å². The molecule has 0 bridgehead atoms. The summed E-state index contributed by atoms with van der Waals surface area (Å²) >= 11 is 0. The van der Waals surface area contributed by atoms with Crippen molar-refractivity contribution in [1.82, 2.24) is 24.3 Å². The lowest BCUT2D eigenvalue weighted by atomic mass is 10.1. The molecule has 0 saturated heterocycles. The van der Waals surface area contributed by atoms with E-state index in [1.54, 1.807) is 10.7 Å². The molecule has 4 aromatic rings. The van der Waals surface area contributed by atoms with Crippen molar-refractivity contribution in [1.29, 1.82) is 0 Å². The lowest BCUT2D eigenvalue weighted by molar-refractivity contribution is 0.547. The summed E-state index contributed by atoms with van der Waals surface area (Å²) in [5, 5.41) is 8.02. The first-order valence-corrected chi connectivity index (χ1v) is 10.8. The summed E-state index contributed by atoms with van der Waals surface area (Å²) in [5.41, 5.74) is 3.05. The lowest BCUT2D eigenvalue weighted by Crippen LogP contribution is -2.30. The molecule has 2 N–H and O–H groups in total. The Morgan fingerprint density at radius 1 is 1.03 bits per heavy atom. The van der Waals surface area contributed by atoms with Gasteiger partial charge in [0.15, 0.2) is 11.6 Å². The fourth-order valence-corrected chi connectivity index (χ4v) is 4.24. The normalized spacial score (nSPS) is 14.8. The Balaban J connectivity index is 1.62. The van der Waals surface area contributed by atoms with E-state index in [-0.39, 0.29) is 0 Å². The lowest BCUT2D eigenvalue weighted by Gasteiger charge is -2.15. The second kappa shape index (κ2) is 7.51. The summed E-state index contributed by atoms with van der Waals surface area (Å²) in [6.07, 6.45) is 4.98. The molecule has 0 atom stereocenters. The van der Waals surface area contributed by atoms with Crippen LogP contribution in [0, 0.1) is 0 Å². The third kappa shape index (κ3) is 3.53. The van der Waals surface area contributed by atoms with Crippen molar-refractivity contribution in [2.75, 3.05) is 5.32 Å². The quantitative estimate of drug-likeness (QED) is 0.397. The van der Waals surface area contributed by atoms with Crippen LogP contribution in [-0.2, 0) is 23.0 Å². The molecule has 5 rings (SSSR count). The van der Waals surface area contributed by atoms with E-state index in [1.165, 1.54) is 0 Å². The zero-order valence-electron chi connectivity index (χ0n) is 16.0. The van der Waals surface area contributed by atoms with Gasteiger partial charge in [0.1, 0.15) is 5.52 Å². The van der Waals surface area contributed by atoms with E-state index in [0.29, 0.717) is 31.0 Å². The average molecular weight is 420 g/mol. The highest BCUT2D eigenvalue weighted by Gasteiger charge is 2.48. The predicted molar refractivity (Wildman–Crippen MR) is 114 cm³/mol. The Bertz CT molecular complexity index is 1260. The number of benzene rings is 1. The molecule has 1 saturated carbocycles. The maximum Gasteiger partial charge on any atom is 0.202 e. The van der Waals surface area contributed by atoms with Crippen molar-refractivity contribution in [3.8, 4) is 11.1 Å². The van der Waals surface area contributed by atoms with Gasteiger partial charge >= 0.3 is 0 Å². The number of nitrogens with zero attached hydrogens (tertiary/aromatic N) is 4. The molecule has 1 fully saturated rings. The second-order valence-electron chi connectivity index (χ2n) is 7.30. The number of fused-ring (bicyclic) bond motifs is 1. The molecule has 1 aromatic carbocycles. The van der Waals surface area contributed by atoms with Gasteiger partial charge in [0.05, 0.1) is 17.8 Å². The molecule has 30 heavy (non-hydrogen) atoms. The molecule has 8 nitrogen and oxygen atoms in total. The van der Waals surface area contributed by atoms with Crippen LogP contribution in [0.5, 0.6) is 0 Å². The molecule has 1 aliphatic carbocycles. The van der Waals surface area contributed by atoms with Gasteiger partial charge in [-0.1, -0.05) is 36.4 Å². The van der Waals surface area contributed by atoms with Crippen LogP contribution >= 0.6 is 0 Å². The molecule has 152 valence electrons. The van der Waals surface area contributed by atoms with Crippen LogP contribution in [0.25, 0.3) is 16.6 Å². The van der Waals surface area contributed by atoms with Gasteiger partial charge in [0, 0.05) is 18.0 Å². The highest BCUT2D eigenvalue weighted by atomic mass is 32.2. The Morgan fingerprint density at radius 2 is 1.83 bits per heavy atom. The molecule has 0 radical (unpaired) electrons. The van der Waals surface area contributed by atoms with E-state index in [1.807, 2.05) is 60.8 Å². The molecule has 9 heteroatoms. The largest absolute Gasteiger partial charge is 0.363 e. The number of rotatable bonds is 7. The zero-order chi connectivity index (χ0) is 20.6. The fraction of sp³-hybridized carbons (Fsp3) is 0.190. The maximum absolute atomic E-state index is 11.3. The van der Waals surface area contributed by atoms with E-state index in [0.717, 1.165) is 22.3 Å². The minimum absolute atomic E-state index is 0.466. The van der Waals surface area contributed by atoms with Gasteiger partial charge in [-0.05, 0) is 36.6 Å². The molecular weight excluding hydrogens is 400 g/mol. The maximum atomic E-state index is 11.3. The van der Waals surface area contributed by atoms with Gasteiger partial charge in [0.25, 0.3) is 0 Å². The smallest absolute Gasteiger partial charge is 0.202 e. The minimum Gasteiger partial charge on any atom is -0.363 e. The van der Waals surface area contributed by atoms with Crippen LogP contribution in [-0.4, -0.2) is 28.0 Å². The van der Waals surface area contributed by atoms with Crippen molar-refractivity contribution in [3.63, 3.8) is 0 Å². The Morgan fingerprint density at radius 3 is 2.53 bits per heavy atom. The van der Waals surface area contributed by atoms with Crippen LogP contribution in [0.1, 0.15) is 24.4 Å². The van der Waals surface area contributed by atoms with Gasteiger partial charge in [-0.15, -0.1) is 0 Å². The van der Waals surface area contributed by atoms with Crippen LogP contribution in [0.15, 0.2) is 67.0 Å². The molecule has 0 aliphatic heterocycles. The van der Waals surface area contributed by atoms with Crippen molar-refractivity contribution >= 4 is 22.2 Å². The van der Waals surface area contributed by atoms with Gasteiger partial charge in [0.2, 0.25) is 10.9 Å². The molecule has 3 heterocycles. The average Bonchev–Trinajstić information content (AvgIpc) is 3.41. The van der Waals surface area contributed by atoms with Crippen LogP contribution in [0.4, 0.5) is 5.82 Å². The summed E-state index contributed by atoms with van der Waals surface area (Å²) in [4.78, 5) is 9.12. The number of hydrogen-bond acceptors (Lipinski definition) is 6. The minimum atomic E-state index is -2.75. The van der Waals surface area contributed by atoms with E-state index in [9.17, 15) is 8.42 Å². The topological polar surface area (TPSA) is 101 Å². The van der Waals surface area contributed by atoms with Gasteiger partial charge in [-0.25, -0.2) is 22.6 Å². The highest BCUT2D eigenvalue weighted by Crippen LogP contribution is 2.44. The van der Waals surface area contributed by atoms with Crippen molar-refractivity contribution in [2.24, 2.45) is 0 Å². The summed E-state index contributed by atoms with van der Waals surface area (Å²) in [6, 6.07) is 17.8. The van der Waals surface area contributed by atoms with Gasteiger partial charge in [-0.2, -0.15) is 5.10 Å². The molecule has 0 amide bonds. The first-order valence-electron chi connectivity index (χ1n) is 9.66. The van der Waals surface area contributed by atoms with Crippen LogP contribution in [0.3, 0.4) is 0 Å².